The Labute approximate surface area is 180 Å². The molecular formula is C23H28FN3O4. The van der Waals surface area contributed by atoms with Crippen LogP contribution in [0.5, 0.6) is 0 Å². The van der Waals surface area contributed by atoms with Crippen LogP contribution >= 0.6 is 0 Å². The minimum absolute atomic E-state index is 0.0456. The molecule has 0 fully saturated rings. The molecule has 2 aliphatic heterocycles. The number of esters is 1. The lowest BCUT2D eigenvalue weighted by atomic mass is 9.88. The number of ether oxygens (including phenoxy) is 1. The Balaban J connectivity index is 1.99. The summed E-state index contributed by atoms with van der Waals surface area (Å²) >= 11 is 0. The van der Waals surface area contributed by atoms with Crippen molar-refractivity contribution in [2.75, 3.05) is 6.67 Å². The number of cyclic esters (lactones) is 1. The molecule has 1 unspecified atom stereocenters. The number of rotatable bonds is 3. The van der Waals surface area contributed by atoms with Crippen molar-refractivity contribution >= 4 is 11.7 Å². The van der Waals surface area contributed by atoms with Gasteiger partial charge in [0.1, 0.15) is 13.3 Å². The Morgan fingerprint density at radius 3 is 2.81 bits per heavy atom. The molecule has 0 bridgehead atoms. The number of hydrogen-bond acceptors (Lipinski definition) is 6. The highest BCUT2D eigenvalue weighted by Gasteiger charge is 2.43. The van der Waals surface area contributed by atoms with Gasteiger partial charge in [-0.1, -0.05) is 26.0 Å². The minimum Gasteiger partial charge on any atom is -0.458 e. The molecule has 3 N–H and O–H groups in total. The molecule has 8 heteroatoms. The lowest BCUT2D eigenvalue weighted by Gasteiger charge is -2.29. The number of nitrogens with zero attached hydrogens (tertiary/aromatic N) is 2. The second-order valence-corrected chi connectivity index (χ2v) is 8.92. The average Bonchev–Trinajstić information content (AvgIpc) is 3.08. The molecule has 3 heterocycles. The van der Waals surface area contributed by atoms with Crippen molar-refractivity contribution in [2.24, 2.45) is 16.6 Å². The van der Waals surface area contributed by atoms with Crippen molar-refractivity contribution in [1.29, 1.82) is 0 Å². The third-order valence-corrected chi connectivity index (χ3v) is 6.43. The topological polar surface area (TPSA) is 107 Å². The summed E-state index contributed by atoms with van der Waals surface area (Å²) in [5, 5.41) is 10.7. The van der Waals surface area contributed by atoms with Gasteiger partial charge in [-0.2, -0.15) is 0 Å². The van der Waals surface area contributed by atoms with Crippen LogP contribution in [0.2, 0.25) is 0 Å². The number of pyridine rings is 1. The molecule has 4 rings (SSSR count). The Bertz CT molecular complexity index is 1080. The molecule has 0 saturated heterocycles. The van der Waals surface area contributed by atoms with Gasteiger partial charge in [0, 0.05) is 17.2 Å². The number of aromatic nitrogens is 1. The number of alkyl halides is 1. The van der Waals surface area contributed by atoms with Gasteiger partial charge in [-0.25, -0.2) is 9.18 Å². The molecule has 0 radical (unpaired) electrons. The second-order valence-electron chi connectivity index (χ2n) is 8.92. The van der Waals surface area contributed by atoms with Gasteiger partial charge < -0.3 is 20.1 Å². The predicted octanol–water partition coefficient (Wildman–Crippen LogP) is 1.88. The normalized spacial score (nSPS) is 29.8. The average molecular weight is 429 g/mol. The summed E-state index contributed by atoms with van der Waals surface area (Å²) in [5.74, 6) is -0.851. The first-order valence-electron chi connectivity index (χ1n) is 10.6. The zero-order valence-corrected chi connectivity index (χ0v) is 18.0. The third-order valence-electron chi connectivity index (χ3n) is 6.43. The van der Waals surface area contributed by atoms with Crippen LogP contribution in [-0.2, 0) is 28.3 Å². The lowest BCUT2D eigenvalue weighted by molar-refractivity contribution is -0.169. The smallest absolute Gasteiger partial charge is 0.342 e. The molecule has 0 spiro atoms. The summed E-state index contributed by atoms with van der Waals surface area (Å²) in [5.41, 5.74) is 7.17. The van der Waals surface area contributed by atoms with Crippen LogP contribution in [0.1, 0.15) is 50.4 Å². The molecule has 1 aliphatic carbocycles. The van der Waals surface area contributed by atoms with Gasteiger partial charge in [0.05, 0.1) is 29.6 Å². The van der Waals surface area contributed by atoms with E-state index in [0.717, 1.165) is 24.0 Å². The zero-order valence-electron chi connectivity index (χ0n) is 18.0. The first-order valence-corrected chi connectivity index (χ1v) is 10.6. The van der Waals surface area contributed by atoms with Crippen molar-refractivity contribution in [2.45, 2.75) is 64.4 Å². The van der Waals surface area contributed by atoms with Crippen LogP contribution in [0.3, 0.4) is 0 Å². The van der Waals surface area contributed by atoms with E-state index in [1.165, 1.54) is 6.92 Å². The first-order chi connectivity index (χ1) is 14.7. The maximum absolute atomic E-state index is 13.8. The molecule has 3 aliphatic rings. The van der Waals surface area contributed by atoms with Crippen LogP contribution in [0.25, 0.3) is 0 Å². The van der Waals surface area contributed by atoms with Gasteiger partial charge in [0.25, 0.3) is 5.56 Å². The Kier molecular flexibility index (Phi) is 5.47. The van der Waals surface area contributed by atoms with Crippen molar-refractivity contribution < 1.29 is 19.0 Å². The van der Waals surface area contributed by atoms with Gasteiger partial charge in [0.15, 0.2) is 5.60 Å². The fourth-order valence-electron chi connectivity index (χ4n) is 4.38. The molecule has 7 nitrogen and oxygen atoms in total. The number of hydrogen-bond donors (Lipinski definition) is 2. The summed E-state index contributed by atoms with van der Waals surface area (Å²) in [7, 11) is 0. The largest absolute Gasteiger partial charge is 0.458 e. The summed E-state index contributed by atoms with van der Waals surface area (Å²) in [6, 6.07) is 0.829. The molecule has 166 valence electrons. The number of fused-ring (bicyclic) bond motifs is 2. The number of halogens is 1. The fourth-order valence-corrected chi connectivity index (χ4v) is 4.38. The number of carbonyl (C=O) groups is 1. The molecule has 3 atom stereocenters. The minimum atomic E-state index is -1.94. The number of carbonyl (C=O) groups excluding carboxylic acids is 1. The summed E-state index contributed by atoms with van der Waals surface area (Å²) in [6.45, 7) is 4.52. The predicted molar refractivity (Wildman–Crippen MR) is 115 cm³/mol. The molecule has 0 aromatic carbocycles. The van der Waals surface area contributed by atoms with E-state index in [4.69, 9.17) is 15.5 Å². The van der Waals surface area contributed by atoms with Crippen molar-refractivity contribution in [3.8, 4) is 0 Å². The van der Waals surface area contributed by atoms with Crippen LogP contribution in [0.15, 0.2) is 39.2 Å². The Morgan fingerprint density at radius 1 is 1.42 bits per heavy atom. The number of nitrogens with two attached hydrogens (primary N) is 1. The maximum Gasteiger partial charge on any atom is 0.342 e. The molecule has 31 heavy (non-hydrogen) atoms. The number of allylic oxidation sites excluding steroid dienone is 2. The third kappa shape index (κ3) is 3.47. The highest BCUT2D eigenvalue weighted by atomic mass is 19.1. The van der Waals surface area contributed by atoms with E-state index < -0.39 is 24.3 Å². The summed E-state index contributed by atoms with van der Waals surface area (Å²) < 4.78 is 20.4. The Hall–Kier alpha value is -2.58. The van der Waals surface area contributed by atoms with Crippen LogP contribution < -0.4 is 11.3 Å². The van der Waals surface area contributed by atoms with Crippen LogP contribution in [0.4, 0.5) is 4.39 Å². The lowest BCUT2D eigenvalue weighted by Crippen LogP contribution is -2.43. The Morgan fingerprint density at radius 2 is 2.16 bits per heavy atom. The molecule has 1 aromatic rings. The van der Waals surface area contributed by atoms with Crippen molar-refractivity contribution in [3.63, 3.8) is 0 Å². The van der Waals surface area contributed by atoms with Crippen molar-refractivity contribution in [1.82, 2.24) is 4.57 Å². The van der Waals surface area contributed by atoms with E-state index in [9.17, 15) is 19.1 Å². The van der Waals surface area contributed by atoms with E-state index in [1.54, 1.807) is 10.6 Å². The van der Waals surface area contributed by atoms with E-state index in [2.05, 4.69) is 0 Å². The van der Waals surface area contributed by atoms with Crippen LogP contribution in [-0.4, -0.2) is 40.1 Å². The molecule has 0 amide bonds. The standard InChI is InChI=1S/C23H28FN3O4/c1-12(2)18(9-24)26-20-14(13-6-4-5-7-17(13)25)10-27-19(20)8-16-15(21(27)28)11-31-22(29)23(16,3)30/h4,6,8,12,17-18,30H,5,7,9-11,25H2,1-3H3/b14-13+,26-20+/t17-,18?,23-/m0/s1. The molecule has 1 aromatic heterocycles. The van der Waals surface area contributed by atoms with Crippen LogP contribution in [0, 0.1) is 5.92 Å². The number of aliphatic imine (C=N–C) groups is 1. The van der Waals surface area contributed by atoms with E-state index in [1.807, 2.05) is 26.0 Å². The van der Waals surface area contributed by atoms with Gasteiger partial charge in [-0.05, 0) is 37.3 Å². The van der Waals surface area contributed by atoms with E-state index >= 15 is 0 Å². The van der Waals surface area contributed by atoms with E-state index in [0.29, 0.717) is 11.4 Å². The SMILES string of the molecule is CC(C)C(CF)/N=C1\C(=C2/C=CCC[C@@H]2N)Cn2c1cc1c(c2=O)COC(=O)[C@@]1(C)O. The second kappa shape index (κ2) is 7.84. The highest BCUT2D eigenvalue weighted by molar-refractivity contribution is 6.14. The highest BCUT2D eigenvalue weighted by Crippen LogP contribution is 2.34. The monoisotopic (exact) mass is 429 g/mol. The van der Waals surface area contributed by atoms with Gasteiger partial charge in [0.2, 0.25) is 0 Å². The van der Waals surface area contributed by atoms with Crippen molar-refractivity contribution in [3.05, 3.63) is 56.5 Å². The van der Waals surface area contributed by atoms with E-state index in [-0.39, 0.29) is 41.8 Å². The fraction of sp³-hybridized carbons (Fsp3) is 0.522. The first kappa shape index (κ1) is 21.6. The van der Waals surface area contributed by atoms with Gasteiger partial charge in [-0.3, -0.25) is 9.79 Å². The molecule has 0 saturated carbocycles. The van der Waals surface area contributed by atoms with Gasteiger partial charge >= 0.3 is 5.97 Å². The zero-order chi connectivity index (χ0) is 22.5. The van der Waals surface area contributed by atoms with Gasteiger partial charge in [-0.15, -0.1) is 0 Å². The maximum atomic E-state index is 13.8. The quantitative estimate of drug-likeness (QED) is 0.714. The summed E-state index contributed by atoms with van der Waals surface area (Å²) in [6.07, 6.45) is 5.64. The number of aliphatic hydroxyl groups is 1. The summed E-state index contributed by atoms with van der Waals surface area (Å²) in [4.78, 5) is 30.2. The molecular weight excluding hydrogens is 401 g/mol.